The zero-order valence-electron chi connectivity index (χ0n) is 18.7. The van der Waals surface area contributed by atoms with Crippen LogP contribution in [0.25, 0.3) is 6.08 Å². The summed E-state index contributed by atoms with van der Waals surface area (Å²) in [7, 11) is 2.59. The van der Waals surface area contributed by atoms with E-state index >= 15 is 0 Å². The standard InChI is InChI=1S/C22H24N5OP.C2H6/c1-3-5-18-15(2)24-21(29)25-19(18)26-10-11-27(22(14-26)8-9-22)20(28)17-7-4-6-16(12-17)13-23;1-2/h3-7,12H,8-11,14,29H2,1-2H3;1-2H3/b5-3-;. The summed E-state index contributed by atoms with van der Waals surface area (Å²) >= 11 is 0. The summed E-state index contributed by atoms with van der Waals surface area (Å²) in [5, 5.41) is 9.14. The van der Waals surface area contributed by atoms with Gasteiger partial charge in [0.15, 0.2) is 0 Å². The lowest BCUT2D eigenvalue weighted by atomic mass is 10.0. The maximum absolute atomic E-state index is 13.2. The van der Waals surface area contributed by atoms with Crippen molar-refractivity contribution in [3.05, 3.63) is 52.7 Å². The van der Waals surface area contributed by atoms with E-state index in [1.165, 1.54) is 0 Å². The molecule has 7 heteroatoms. The molecule has 1 amide bonds. The Morgan fingerprint density at radius 3 is 2.65 bits per heavy atom. The van der Waals surface area contributed by atoms with Crippen LogP contribution in [0.15, 0.2) is 30.3 Å². The Kier molecular flexibility index (Phi) is 7.08. The molecule has 1 saturated heterocycles. The van der Waals surface area contributed by atoms with Crippen molar-refractivity contribution in [1.29, 1.82) is 5.26 Å². The van der Waals surface area contributed by atoms with Gasteiger partial charge in [-0.1, -0.05) is 41.3 Å². The fraction of sp³-hybridized carbons (Fsp3) is 0.417. The highest BCUT2D eigenvalue weighted by atomic mass is 31.0. The predicted molar refractivity (Wildman–Crippen MR) is 129 cm³/mol. The van der Waals surface area contributed by atoms with Crippen LogP contribution in [0, 0.1) is 18.3 Å². The summed E-state index contributed by atoms with van der Waals surface area (Å²) in [6, 6.07) is 9.09. The number of piperazine rings is 1. The van der Waals surface area contributed by atoms with E-state index in [0.717, 1.165) is 43.0 Å². The SMILES string of the molecule is C/C=C\c1c(C)nc(P)nc1N1CCN(C(=O)c2cccc(C#N)c2)C2(CC2)C1.CC. The van der Waals surface area contributed by atoms with Crippen LogP contribution in [-0.2, 0) is 0 Å². The normalized spacial score (nSPS) is 16.6. The third-order valence-electron chi connectivity index (χ3n) is 5.73. The number of nitrogens with zero attached hydrogens (tertiary/aromatic N) is 5. The third kappa shape index (κ3) is 4.62. The van der Waals surface area contributed by atoms with E-state index in [1.807, 2.05) is 38.7 Å². The summed E-state index contributed by atoms with van der Waals surface area (Å²) in [6.45, 7) is 10.1. The molecule has 0 N–H and O–H groups in total. The fourth-order valence-corrected chi connectivity index (χ4v) is 4.43. The Morgan fingerprint density at radius 1 is 1.26 bits per heavy atom. The molecule has 1 aliphatic heterocycles. The molecule has 1 spiro atoms. The first-order valence-electron chi connectivity index (χ1n) is 10.8. The van der Waals surface area contributed by atoms with E-state index in [-0.39, 0.29) is 11.4 Å². The van der Waals surface area contributed by atoms with Gasteiger partial charge < -0.3 is 9.80 Å². The van der Waals surface area contributed by atoms with Crippen LogP contribution < -0.4 is 10.5 Å². The summed E-state index contributed by atoms with van der Waals surface area (Å²) in [5.74, 6) is 0.948. The average molecular weight is 436 g/mol. The third-order valence-corrected chi connectivity index (χ3v) is 5.99. The zero-order chi connectivity index (χ0) is 22.6. The number of allylic oxidation sites excluding steroid dienone is 1. The van der Waals surface area contributed by atoms with E-state index in [2.05, 4.69) is 31.3 Å². The summed E-state index contributed by atoms with van der Waals surface area (Å²) in [6.07, 6.45) is 6.04. The molecule has 1 aromatic carbocycles. The number of nitriles is 1. The fourth-order valence-electron chi connectivity index (χ4n) is 4.12. The van der Waals surface area contributed by atoms with E-state index in [4.69, 9.17) is 10.2 Å². The van der Waals surface area contributed by atoms with E-state index in [1.54, 1.807) is 24.3 Å². The second kappa shape index (κ2) is 9.58. The van der Waals surface area contributed by atoms with Crippen LogP contribution in [-0.4, -0.2) is 45.9 Å². The lowest BCUT2D eigenvalue weighted by Gasteiger charge is -2.43. The molecule has 1 aromatic heterocycles. The van der Waals surface area contributed by atoms with Crippen molar-refractivity contribution in [3.63, 3.8) is 0 Å². The van der Waals surface area contributed by atoms with Crippen molar-refractivity contribution in [2.75, 3.05) is 24.5 Å². The van der Waals surface area contributed by atoms with Gasteiger partial charge in [-0.25, -0.2) is 9.97 Å². The maximum atomic E-state index is 13.2. The van der Waals surface area contributed by atoms with Crippen LogP contribution in [0.5, 0.6) is 0 Å². The highest BCUT2D eigenvalue weighted by Gasteiger charge is 2.53. The number of aryl methyl sites for hydroxylation is 1. The van der Waals surface area contributed by atoms with Gasteiger partial charge in [0, 0.05) is 30.8 Å². The monoisotopic (exact) mass is 435 g/mol. The number of hydrogen-bond acceptors (Lipinski definition) is 5. The summed E-state index contributed by atoms with van der Waals surface area (Å²) in [4.78, 5) is 26.7. The van der Waals surface area contributed by atoms with Crippen LogP contribution >= 0.6 is 9.24 Å². The van der Waals surface area contributed by atoms with Gasteiger partial charge in [0.25, 0.3) is 5.91 Å². The molecule has 1 saturated carbocycles. The van der Waals surface area contributed by atoms with Gasteiger partial charge in [-0.2, -0.15) is 5.26 Å². The number of hydrogen-bond donors (Lipinski definition) is 0. The number of rotatable bonds is 3. The van der Waals surface area contributed by atoms with E-state index in [0.29, 0.717) is 23.2 Å². The van der Waals surface area contributed by atoms with Crippen molar-refractivity contribution in [3.8, 4) is 6.07 Å². The predicted octanol–water partition coefficient (Wildman–Crippen LogP) is 3.71. The number of anilines is 1. The lowest BCUT2D eigenvalue weighted by Crippen LogP contribution is -2.57. The van der Waals surface area contributed by atoms with Gasteiger partial charge in [-0.05, 0) is 44.9 Å². The largest absolute Gasteiger partial charge is 0.352 e. The quantitative estimate of drug-likeness (QED) is 0.688. The van der Waals surface area contributed by atoms with Crippen molar-refractivity contribution in [1.82, 2.24) is 14.9 Å². The number of aromatic nitrogens is 2. The Labute approximate surface area is 187 Å². The molecular formula is C24H30N5OP. The number of carbonyl (C=O) groups is 1. The minimum Gasteiger partial charge on any atom is -0.352 e. The smallest absolute Gasteiger partial charge is 0.254 e. The Balaban J connectivity index is 0.00000132. The lowest BCUT2D eigenvalue weighted by molar-refractivity contribution is 0.0624. The Bertz CT molecular complexity index is 1040. The molecule has 2 aromatic rings. The van der Waals surface area contributed by atoms with Crippen LogP contribution in [0.1, 0.15) is 60.8 Å². The van der Waals surface area contributed by atoms with Gasteiger partial charge in [-0.3, -0.25) is 4.79 Å². The van der Waals surface area contributed by atoms with E-state index in [9.17, 15) is 4.79 Å². The van der Waals surface area contributed by atoms with Gasteiger partial charge in [0.05, 0.1) is 22.9 Å². The molecule has 0 radical (unpaired) electrons. The number of carbonyl (C=O) groups excluding carboxylic acids is 1. The van der Waals surface area contributed by atoms with Crippen molar-refractivity contribution < 1.29 is 4.79 Å². The molecule has 162 valence electrons. The van der Waals surface area contributed by atoms with Crippen molar-refractivity contribution >= 4 is 32.6 Å². The molecule has 2 heterocycles. The van der Waals surface area contributed by atoms with Crippen molar-refractivity contribution in [2.45, 2.75) is 46.1 Å². The maximum Gasteiger partial charge on any atom is 0.254 e. The number of amides is 1. The minimum absolute atomic E-state index is 0.0125. The molecule has 1 unspecified atom stereocenters. The van der Waals surface area contributed by atoms with E-state index < -0.39 is 0 Å². The highest BCUT2D eigenvalue weighted by molar-refractivity contribution is 7.26. The first-order chi connectivity index (χ1) is 15.0. The molecule has 1 aliphatic carbocycles. The molecule has 2 fully saturated rings. The Hall–Kier alpha value is -2.77. The topological polar surface area (TPSA) is 73.1 Å². The van der Waals surface area contributed by atoms with Crippen LogP contribution in [0.2, 0.25) is 0 Å². The van der Waals surface area contributed by atoms with Gasteiger partial charge in [-0.15, -0.1) is 0 Å². The zero-order valence-corrected chi connectivity index (χ0v) is 19.9. The molecule has 2 aliphatic rings. The van der Waals surface area contributed by atoms with Gasteiger partial charge in [0.2, 0.25) is 0 Å². The van der Waals surface area contributed by atoms with Gasteiger partial charge >= 0.3 is 0 Å². The molecule has 4 rings (SSSR count). The molecular weight excluding hydrogens is 405 g/mol. The molecule has 6 nitrogen and oxygen atoms in total. The Morgan fingerprint density at radius 2 is 2.00 bits per heavy atom. The molecule has 31 heavy (non-hydrogen) atoms. The summed E-state index contributed by atoms with van der Waals surface area (Å²) in [5.41, 5.74) is 3.63. The average Bonchev–Trinajstić information content (AvgIpc) is 3.55. The van der Waals surface area contributed by atoms with Gasteiger partial charge in [0.1, 0.15) is 11.4 Å². The molecule has 1 atom stereocenters. The molecule has 0 bridgehead atoms. The number of benzene rings is 1. The minimum atomic E-state index is -0.148. The highest BCUT2D eigenvalue weighted by Crippen LogP contribution is 2.46. The first kappa shape index (κ1) is 22.9. The van der Waals surface area contributed by atoms with Crippen molar-refractivity contribution in [2.24, 2.45) is 0 Å². The summed E-state index contributed by atoms with van der Waals surface area (Å²) < 4.78 is 0. The second-order valence-electron chi connectivity index (χ2n) is 7.70. The van der Waals surface area contributed by atoms with Crippen LogP contribution in [0.3, 0.4) is 0 Å². The van der Waals surface area contributed by atoms with Crippen LogP contribution in [0.4, 0.5) is 5.82 Å². The second-order valence-corrected chi connectivity index (χ2v) is 8.22. The first-order valence-corrected chi connectivity index (χ1v) is 11.4.